The number of likely N-dealkylation sites (tertiary alicyclic amines) is 1. The number of hydrogen-bond donors (Lipinski definition) is 1. The van der Waals surface area contributed by atoms with Gasteiger partial charge in [0, 0.05) is 18.5 Å². The van der Waals surface area contributed by atoms with Crippen molar-refractivity contribution in [2.45, 2.75) is 26.3 Å². The van der Waals surface area contributed by atoms with Crippen molar-refractivity contribution in [1.82, 2.24) is 14.7 Å². The molecule has 1 atom stereocenters. The van der Waals surface area contributed by atoms with E-state index in [4.69, 9.17) is 0 Å². The molecule has 1 saturated heterocycles. The van der Waals surface area contributed by atoms with Crippen LogP contribution in [0.2, 0.25) is 0 Å². The van der Waals surface area contributed by atoms with Crippen molar-refractivity contribution < 1.29 is 14.7 Å². The average molecular weight is 383 g/mol. The van der Waals surface area contributed by atoms with Crippen LogP contribution < -0.4 is 0 Å². The van der Waals surface area contributed by atoms with Gasteiger partial charge in [-0.25, -0.2) is 0 Å². The third kappa shape index (κ3) is 3.47. The van der Waals surface area contributed by atoms with Crippen LogP contribution in [-0.2, 0) is 11.3 Å². The molecule has 0 radical (unpaired) electrons. The molecule has 27 heavy (non-hydrogen) atoms. The molecule has 7 heteroatoms. The van der Waals surface area contributed by atoms with Crippen molar-refractivity contribution in [3.05, 3.63) is 52.5 Å². The predicted octanol–water partition coefficient (Wildman–Crippen LogP) is 3.39. The number of rotatable bonds is 4. The highest BCUT2D eigenvalue weighted by Gasteiger charge is 2.29. The maximum atomic E-state index is 12.9. The Labute approximate surface area is 161 Å². The van der Waals surface area contributed by atoms with Crippen molar-refractivity contribution >= 4 is 33.4 Å². The maximum absolute atomic E-state index is 12.9. The topological polar surface area (TPSA) is 75.4 Å². The van der Waals surface area contributed by atoms with Crippen molar-refractivity contribution in [3.8, 4) is 0 Å². The minimum absolute atomic E-state index is 0.0761. The van der Waals surface area contributed by atoms with Gasteiger partial charge in [-0.05, 0) is 31.4 Å². The highest BCUT2D eigenvalue weighted by atomic mass is 32.1. The smallest absolute Gasteiger partial charge is 0.308 e. The first kappa shape index (κ1) is 17.7. The van der Waals surface area contributed by atoms with Crippen LogP contribution in [0.5, 0.6) is 0 Å². The Kier molecular flexibility index (Phi) is 4.70. The SMILES string of the molecule is Cc1nn(Cc2ccccc2)c2sc(C(=O)N3CCC[C@H](C(=O)O)C3)cc12. The largest absolute Gasteiger partial charge is 0.481 e. The molecule has 1 N–H and O–H groups in total. The summed E-state index contributed by atoms with van der Waals surface area (Å²) in [6, 6.07) is 12.0. The summed E-state index contributed by atoms with van der Waals surface area (Å²) in [4.78, 5) is 27.5. The second kappa shape index (κ2) is 7.15. The summed E-state index contributed by atoms with van der Waals surface area (Å²) in [5.74, 6) is -1.36. The minimum Gasteiger partial charge on any atom is -0.481 e. The number of hydrogen-bond acceptors (Lipinski definition) is 4. The summed E-state index contributed by atoms with van der Waals surface area (Å²) >= 11 is 1.44. The molecular formula is C20H21N3O3S. The highest BCUT2D eigenvalue weighted by molar-refractivity contribution is 7.20. The lowest BCUT2D eigenvalue weighted by molar-refractivity contribution is -0.143. The molecule has 3 aromatic rings. The fourth-order valence-electron chi connectivity index (χ4n) is 3.60. The van der Waals surface area contributed by atoms with Gasteiger partial charge < -0.3 is 10.0 Å². The van der Waals surface area contributed by atoms with Gasteiger partial charge in [0.05, 0.1) is 23.0 Å². The molecule has 1 fully saturated rings. The fraction of sp³-hybridized carbons (Fsp3) is 0.350. The van der Waals surface area contributed by atoms with Gasteiger partial charge in [0.15, 0.2) is 0 Å². The molecule has 3 heterocycles. The number of carbonyl (C=O) groups excluding carboxylic acids is 1. The normalized spacial score (nSPS) is 17.4. The Morgan fingerprint density at radius 2 is 2.07 bits per heavy atom. The Morgan fingerprint density at radius 1 is 1.30 bits per heavy atom. The number of aliphatic carboxylic acids is 1. The van der Waals surface area contributed by atoms with Crippen LogP contribution in [0, 0.1) is 12.8 Å². The molecule has 1 aliphatic rings. The van der Waals surface area contributed by atoms with Crippen molar-refractivity contribution in [3.63, 3.8) is 0 Å². The number of aromatic nitrogens is 2. The van der Waals surface area contributed by atoms with E-state index in [1.54, 1.807) is 4.90 Å². The van der Waals surface area contributed by atoms with Crippen molar-refractivity contribution in [1.29, 1.82) is 0 Å². The third-order valence-electron chi connectivity index (χ3n) is 5.05. The molecule has 0 unspecified atom stereocenters. The standard InChI is InChI=1S/C20H21N3O3S/c1-13-16-10-17(18(24)22-9-5-8-15(12-22)20(25)26)27-19(16)23(21-13)11-14-6-3-2-4-7-14/h2-4,6-7,10,15H,5,8-9,11-12H2,1H3,(H,25,26)/t15-/m0/s1. The van der Waals surface area contributed by atoms with Gasteiger partial charge in [0.1, 0.15) is 4.83 Å². The molecule has 1 aromatic carbocycles. The molecule has 1 aliphatic heterocycles. The molecule has 0 spiro atoms. The number of amides is 1. The van der Waals surface area contributed by atoms with E-state index in [2.05, 4.69) is 17.2 Å². The molecule has 0 saturated carbocycles. The zero-order chi connectivity index (χ0) is 19.0. The predicted molar refractivity (Wildman–Crippen MR) is 104 cm³/mol. The zero-order valence-corrected chi connectivity index (χ0v) is 15.9. The van der Waals surface area contributed by atoms with E-state index in [-0.39, 0.29) is 12.5 Å². The first-order valence-electron chi connectivity index (χ1n) is 9.06. The van der Waals surface area contributed by atoms with Crippen LogP contribution in [0.25, 0.3) is 10.2 Å². The zero-order valence-electron chi connectivity index (χ0n) is 15.1. The summed E-state index contributed by atoms with van der Waals surface area (Å²) in [5.41, 5.74) is 2.06. The Hall–Kier alpha value is -2.67. The number of fused-ring (bicyclic) bond motifs is 1. The number of carbonyl (C=O) groups is 2. The number of thiophene rings is 1. The summed E-state index contributed by atoms with van der Waals surface area (Å²) < 4.78 is 1.94. The molecule has 2 aromatic heterocycles. The van der Waals surface area contributed by atoms with Gasteiger partial charge in [-0.15, -0.1) is 11.3 Å². The van der Waals surface area contributed by atoms with E-state index in [0.717, 1.165) is 27.9 Å². The second-order valence-electron chi connectivity index (χ2n) is 6.99. The van der Waals surface area contributed by atoms with E-state index >= 15 is 0 Å². The summed E-state index contributed by atoms with van der Waals surface area (Å²) in [6.45, 7) is 3.51. The molecule has 0 aliphatic carbocycles. The lowest BCUT2D eigenvalue weighted by Crippen LogP contribution is -2.42. The van der Waals surface area contributed by atoms with E-state index in [1.165, 1.54) is 11.3 Å². The summed E-state index contributed by atoms with van der Waals surface area (Å²) in [6.07, 6.45) is 1.37. The number of nitrogens with zero attached hydrogens (tertiary/aromatic N) is 3. The minimum atomic E-state index is -0.821. The van der Waals surface area contributed by atoms with Gasteiger partial charge >= 0.3 is 5.97 Å². The van der Waals surface area contributed by atoms with Crippen LogP contribution in [-0.4, -0.2) is 44.8 Å². The first-order chi connectivity index (χ1) is 13.0. The van der Waals surface area contributed by atoms with E-state index < -0.39 is 11.9 Å². The van der Waals surface area contributed by atoms with Crippen LogP contribution in [0.4, 0.5) is 0 Å². The molecule has 6 nitrogen and oxygen atoms in total. The van der Waals surface area contributed by atoms with Gasteiger partial charge in [0.2, 0.25) is 0 Å². The lowest BCUT2D eigenvalue weighted by Gasteiger charge is -2.30. The first-order valence-corrected chi connectivity index (χ1v) is 9.87. The van der Waals surface area contributed by atoms with Gasteiger partial charge in [0.25, 0.3) is 5.91 Å². The lowest BCUT2D eigenvalue weighted by atomic mass is 9.98. The molecule has 4 rings (SSSR count). The Bertz CT molecular complexity index is 993. The van der Waals surface area contributed by atoms with Crippen LogP contribution in [0.15, 0.2) is 36.4 Å². The highest BCUT2D eigenvalue weighted by Crippen LogP contribution is 2.30. The number of carboxylic acids is 1. The van der Waals surface area contributed by atoms with Crippen molar-refractivity contribution in [2.75, 3.05) is 13.1 Å². The van der Waals surface area contributed by atoms with E-state index in [9.17, 15) is 14.7 Å². The maximum Gasteiger partial charge on any atom is 0.308 e. The molecule has 1 amide bonds. The van der Waals surface area contributed by atoms with Gasteiger partial charge in [-0.1, -0.05) is 30.3 Å². The quantitative estimate of drug-likeness (QED) is 0.749. The van der Waals surface area contributed by atoms with Gasteiger partial charge in [-0.2, -0.15) is 5.10 Å². The molecule has 140 valence electrons. The van der Waals surface area contributed by atoms with E-state index in [1.807, 2.05) is 35.9 Å². The Balaban J connectivity index is 1.60. The number of benzene rings is 1. The summed E-state index contributed by atoms with van der Waals surface area (Å²) in [7, 11) is 0. The second-order valence-corrected chi connectivity index (χ2v) is 8.02. The molecular weight excluding hydrogens is 362 g/mol. The number of aryl methyl sites for hydroxylation is 1. The van der Waals surface area contributed by atoms with E-state index in [0.29, 0.717) is 24.4 Å². The monoisotopic (exact) mass is 383 g/mol. The van der Waals surface area contributed by atoms with Crippen LogP contribution in [0.1, 0.15) is 33.8 Å². The van der Waals surface area contributed by atoms with Crippen LogP contribution in [0.3, 0.4) is 0 Å². The van der Waals surface area contributed by atoms with Crippen molar-refractivity contribution in [2.24, 2.45) is 5.92 Å². The number of piperidine rings is 1. The van der Waals surface area contributed by atoms with Gasteiger partial charge in [-0.3, -0.25) is 14.3 Å². The molecule has 0 bridgehead atoms. The third-order valence-corrected chi connectivity index (χ3v) is 6.19. The number of carboxylic acid groups (broad SMARTS) is 1. The van der Waals surface area contributed by atoms with Crippen LogP contribution >= 0.6 is 11.3 Å². The Morgan fingerprint density at radius 3 is 2.81 bits per heavy atom. The average Bonchev–Trinajstić information content (AvgIpc) is 3.24. The fourth-order valence-corrected chi connectivity index (χ4v) is 4.73. The summed E-state index contributed by atoms with van der Waals surface area (Å²) in [5, 5.41) is 14.9.